The summed E-state index contributed by atoms with van der Waals surface area (Å²) in [6, 6.07) is 5.83. The lowest BCUT2D eigenvalue weighted by atomic mass is 9.56. The molecule has 0 radical (unpaired) electrons. The van der Waals surface area contributed by atoms with E-state index in [1.165, 1.54) is 6.07 Å². The molecule has 0 atom stereocenters. The number of hydrogen-bond acceptors (Lipinski definition) is 2. The van der Waals surface area contributed by atoms with Crippen LogP contribution in [0, 0.1) is 17.3 Å². The molecule has 1 heterocycles. The normalized spacial score (nSPS) is 30.5. The van der Waals surface area contributed by atoms with Crippen LogP contribution in [0.2, 0.25) is 0 Å². The Balaban J connectivity index is 1.28. The van der Waals surface area contributed by atoms with Crippen molar-refractivity contribution < 1.29 is 23.1 Å². The Kier molecular flexibility index (Phi) is 3.92. The van der Waals surface area contributed by atoms with Crippen LogP contribution in [-0.4, -0.2) is 34.6 Å². The fourth-order valence-corrected chi connectivity index (χ4v) is 5.21. The van der Waals surface area contributed by atoms with E-state index in [4.69, 9.17) is 0 Å². The zero-order valence-electron chi connectivity index (χ0n) is 14.9. The lowest BCUT2D eigenvalue weighted by Crippen LogP contribution is -2.66. The van der Waals surface area contributed by atoms with Crippen molar-refractivity contribution in [2.75, 3.05) is 13.1 Å². The monoisotopic (exact) mass is 367 g/mol. The molecule has 1 saturated heterocycles. The van der Waals surface area contributed by atoms with Gasteiger partial charge in [0, 0.05) is 24.4 Å². The number of aliphatic hydroxyl groups is 1. The number of rotatable bonds is 3. The number of halogens is 3. The second-order valence-corrected chi connectivity index (χ2v) is 8.93. The smallest absolute Gasteiger partial charge is 0.390 e. The third-order valence-electron chi connectivity index (χ3n) is 6.36. The Bertz CT molecular complexity index is 706. The molecule has 26 heavy (non-hydrogen) atoms. The van der Waals surface area contributed by atoms with Gasteiger partial charge in [0.25, 0.3) is 0 Å². The molecule has 1 aromatic carbocycles. The summed E-state index contributed by atoms with van der Waals surface area (Å²) in [5.41, 5.74) is -0.719. The van der Waals surface area contributed by atoms with Crippen molar-refractivity contribution in [3.8, 4) is 0 Å². The van der Waals surface area contributed by atoms with Crippen molar-refractivity contribution in [1.29, 1.82) is 0 Å². The maximum Gasteiger partial charge on any atom is 0.416 e. The number of benzene rings is 1. The van der Waals surface area contributed by atoms with E-state index >= 15 is 0 Å². The van der Waals surface area contributed by atoms with E-state index in [9.17, 15) is 23.1 Å². The minimum atomic E-state index is -4.30. The molecule has 1 amide bonds. The molecule has 1 aromatic rings. The van der Waals surface area contributed by atoms with Crippen LogP contribution in [0.25, 0.3) is 0 Å². The maximum atomic E-state index is 13.1. The summed E-state index contributed by atoms with van der Waals surface area (Å²) in [4.78, 5) is 14.2. The summed E-state index contributed by atoms with van der Waals surface area (Å²) in [5.74, 6) is 0.338. The Hall–Kier alpha value is -1.56. The zero-order chi connectivity index (χ0) is 18.7. The van der Waals surface area contributed by atoms with Crippen LogP contribution in [0.5, 0.6) is 0 Å². The molecule has 4 rings (SSSR count). The standard InChI is InChI=1S/C20H24F3NO2/c1-18(26)9-15(10-18)17(25)24-11-19(12-24)7-13(8-19)6-14-4-2-3-5-16(14)20(21,22)23/h2-5,13,15,26H,6-12H2,1H3/t15-,18+. The predicted octanol–water partition coefficient (Wildman–Crippen LogP) is 3.65. The average Bonchev–Trinajstić information content (AvgIpc) is 2.44. The fourth-order valence-electron chi connectivity index (χ4n) is 5.21. The summed E-state index contributed by atoms with van der Waals surface area (Å²) in [6.45, 7) is 3.20. The number of nitrogens with zero attached hydrogens (tertiary/aromatic N) is 1. The van der Waals surface area contributed by atoms with Gasteiger partial charge in [-0.15, -0.1) is 0 Å². The van der Waals surface area contributed by atoms with Crippen molar-refractivity contribution in [2.24, 2.45) is 17.3 Å². The number of hydrogen-bond donors (Lipinski definition) is 1. The Morgan fingerprint density at radius 2 is 1.81 bits per heavy atom. The first kappa shape index (κ1) is 17.8. The summed E-state index contributed by atoms with van der Waals surface area (Å²) < 4.78 is 39.3. The van der Waals surface area contributed by atoms with E-state index in [2.05, 4.69) is 0 Å². The van der Waals surface area contributed by atoms with Gasteiger partial charge in [-0.25, -0.2) is 0 Å². The van der Waals surface area contributed by atoms with Crippen molar-refractivity contribution in [3.05, 3.63) is 35.4 Å². The molecule has 2 saturated carbocycles. The lowest BCUT2D eigenvalue weighted by Gasteiger charge is -2.60. The second-order valence-electron chi connectivity index (χ2n) is 8.93. The number of likely N-dealkylation sites (tertiary alicyclic amines) is 1. The maximum absolute atomic E-state index is 13.1. The topological polar surface area (TPSA) is 40.5 Å². The predicted molar refractivity (Wildman–Crippen MR) is 90.2 cm³/mol. The number of carbonyl (C=O) groups is 1. The first-order valence-electron chi connectivity index (χ1n) is 9.23. The molecule has 0 aromatic heterocycles. The van der Waals surface area contributed by atoms with Crippen LogP contribution in [-0.2, 0) is 17.4 Å². The summed E-state index contributed by atoms with van der Waals surface area (Å²) in [5, 5.41) is 9.77. The Morgan fingerprint density at radius 3 is 2.38 bits per heavy atom. The Morgan fingerprint density at radius 1 is 1.19 bits per heavy atom. The van der Waals surface area contributed by atoms with Gasteiger partial charge in [-0.05, 0) is 56.6 Å². The van der Waals surface area contributed by atoms with Crippen molar-refractivity contribution >= 4 is 5.91 Å². The molecule has 1 spiro atoms. The molecule has 3 aliphatic rings. The van der Waals surface area contributed by atoms with Gasteiger partial charge in [0.15, 0.2) is 0 Å². The van der Waals surface area contributed by atoms with Crippen LogP contribution in [0.4, 0.5) is 13.2 Å². The highest BCUT2D eigenvalue weighted by molar-refractivity contribution is 5.81. The first-order chi connectivity index (χ1) is 12.1. The van der Waals surface area contributed by atoms with E-state index < -0.39 is 17.3 Å². The number of alkyl halides is 3. The highest BCUT2D eigenvalue weighted by Gasteiger charge is 2.55. The van der Waals surface area contributed by atoms with Crippen LogP contribution in [0.3, 0.4) is 0 Å². The Labute approximate surface area is 151 Å². The molecule has 1 N–H and O–H groups in total. The molecule has 2 aliphatic carbocycles. The SMILES string of the molecule is C[C@]1(O)C[C@@H](C(=O)N2CC3(CC(Cc4ccccc4C(F)(F)F)C3)C2)C1. The van der Waals surface area contributed by atoms with Gasteiger partial charge < -0.3 is 10.0 Å². The van der Waals surface area contributed by atoms with Crippen LogP contribution in [0.15, 0.2) is 24.3 Å². The third-order valence-corrected chi connectivity index (χ3v) is 6.36. The van der Waals surface area contributed by atoms with Crippen molar-refractivity contribution in [2.45, 2.75) is 50.8 Å². The zero-order valence-corrected chi connectivity index (χ0v) is 14.9. The minimum absolute atomic E-state index is 0.0584. The summed E-state index contributed by atoms with van der Waals surface area (Å²) in [7, 11) is 0. The molecule has 3 nitrogen and oxygen atoms in total. The third kappa shape index (κ3) is 3.13. The molecule has 0 bridgehead atoms. The highest BCUT2D eigenvalue weighted by Crippen LogP contribution is 2.54. The van der Waals surface area contributed by atoms with E-state index in [1.54, 1.807) is 19.1 Å². The molecule has 0 unspecified atom stereocenters. The average molecular weight is 367 g/mol. The largest absolute Gasteiger partial charge is 0.416 e. The molecular formula is C20H24F3NO2. The van der Waals surface area contributed by atoms with Gasteiger partial charge in [0.2, 0.25) is 5.91 Å². The summed E-state index contributed by atoms with van der Waals surface area (Å²) in [6.07, 6.45) is -0.992. The lowest BCUT2D eigenvalue weighted by molar-refractivity contribution is -0.171. The molecule has 3 fully saturated rings. The molecule has 6 heteroatoms. The second kappa shape index (κ2) is 5.72. The number of amides is 1. The quantitative estimate of drug-likeness (QED) is 0.886. The van der Waals surface area contributed by atoms with Crippen LogP contribution >= 0.6 is 0 Å². The van der Waals surface area contributed by atoms with Crippen molar-refractivity contribution in [3.63, 3.8) is 0 Å². The van der Waals surface area contributed by atoms with E-state index in [1.807, 2.05) is 4.90 Å². The van der Waals surface area contributed by atoms with Gasteiger partial charge >= 0.3 is 6.18 Å². The number of carbonyl (C=O) groups excluding carboxylic acids is 1. The van der Waals surface area contributed by atoms with Gasteiger partial charge in [-0.1, -0.05) is 18.2 Å². The summed E-state index contributed by atoms with van der Waals surface area (Å²) >= 11 is 0. The van der Waals surface area contributed by atoms with Gasteiger partial charge in [-0.3, -0.25) is 4.79 Å². The first-order valence-corrected chi connectivity index (χ1v) is 9.23. The minimum Gasteiger partial charge on any atom is -0.390 e. The molecule has 1 aliphatic heterocycles. The van der Waals surface area contributed by atoms with Crippen LogP contribution < -0.4 is 0 Å². The fraction of sp³-hybridized carbons (Fsp3) is 0.650. The van der Waals surface area contributed by atoms with Gasteiger partial charge in [0.05, 0.1) is 11.2 Å². The van der Waals surface area contributed by atoms with E-state index in [-0.39, 0.29) is 23.2 Å². The van der Waals surface area contributed by atoms with Crippen molar-refractivity contribution in [1.82, 2.24) is 4.90 Å². The van der Waals surface area contributed by atoms with Crippen LogP contribution in [0.1, 0.15) is 43.7 Å². The van der Waals surface area contributed by atoms with E-state index in [0.29, 0.717) is 24.8 Å². The van der Waals surface area contributed by atoms with E-state index in [0.717, 1.165) is 32.0 Å². The molecular weight excluding hydrogens is 343 g/mol. The van der Waals surface area contributed by atoms with Gasteiger partial charge in [-0.2, -0.15) is 13.2 Å². The van der Waals surface area contributed by atoms with Gasteiger partial charge in [0.1, 0.15) is 0 Å². The highest BCUT2D eigenvalue weighted by atomic mass is 19.4. The molecule has 142 valence electrons.